The van der Waals surface area contributed by atoms with Crippen LogP contribution in [-0.4, -0.2) is 9.97 Å². The number of hydrogen-bond donors (Lipinski definition) is 1. The monoisotopic (exact) mass is 232 g/mol. The summed E-state index contributed by atoms with van der Waals surface area (Å²) in [6.45, 7) is 0. The lowest BCUT2D eigenvalue weighted by Gasteiger charge is -2.04. The Morgan fingerprint density at radius 2 is 1.94 bits per heavy atom. The van der Waals surface area contributed by atoms with E-state index in [0.717, 1.165) is 12.1 Å². The Balaban J connectivity index is 2.20. The third-order valence-electron chi connectivity index (χ3n) is 1.96. The molecular weight excluding hydrogens is 226 g/mol. The molecule has 2 rings (SSSR count). The number of anilines is 2. The maximum atomic E-state index is 12.9. The zero-order valence-corrected chi connectivity index (χ0v) is 8.48. The summed E-state index contributed by atoms with van der Waals surface area (Å²) in [4.78, 5) is 7.66. The largest absolute Gasteiger partial charge is 0.339 e. The molecule has 0 bridgehead atoms. The molecule has 17 heavy (non-hydrogen) atoms. The van der Waals surface area contributed by atoms with Gasteiger partial charge in [0.25, 0.3) is 0 Å². The summed E-state index contributed by atoms with van der Waals surface area (Å²) in [5, 5.41) is 11.3. The Labute approximate surface area is 95.6 Å². The van der Waals surface area contributed by atoms with Crippen LogP contribution in [0.1, 0.15) is 5.69 Å². The van der Waals surface area contributed by atoms with Crippen molar-refractivity contribution in [2.24, 2.45) is 0 Å². The molecule has 1 heterocycles. The molecule has 0 saturated heterocycles. The van der Waals surface area contributed by atoms with Gasteiger partial charge in [-0.2, -0.15) is 5.26 Å². The number of aromatic nitrogens is 2. The number of halogens is 2. The van der Waals surface area contributed by atoms with Gasteiger partial charge in [-0.05, 0) is 12.1 Å². The van der Waals surface area contributed by atoms with Crippen LogP contribution < -0.4 is 5.32 Å². The van der Waals surface area contributed by atoms with E-state index in [4.69, 9.17) is 5.26 Å². The van der Waals surface area contributed by atoms with E-state index in [1.165, 1.54) is 18.5 Å². The van der Waals surface area contributed by atoms with Gasteiger partial charge in [0.1, 0.15) is 11.9 Å². The Morgan fingerprint density at radius 1 is 1.12 bits per heavy atom. The Kier molecular flexibility index (Phi) is 2.92. The molecule has 0 spiro atoms. The Morgan fingerprint density at radius 3 is 2.53 bits per heavy atom. The van der Waals surface area contributed by atoms with Crippen LogP contribution in [0.4, 0.5) is 20.3 Å². The fourth-order valence-corrected chi connectivity index (χ4v) is 1.17. The van der Waals surface area contributed by atoms with E-state index in [1.54, 1.807) is 0 Å². The summed E-state index contributed by atoms with van der Waals surface area (Å²) in [5.74, 6) is -1.52. The van der Waals surface area contributed by atoms with Gasteiger partial charge in [0.2, 0.25) is 0 Å². The van der Waals surface area contributed by atoms with Crippen molar-refractivity contribution < 1.29 is 8.78 Å². The normalized spacial score (nSPS) is 9.71. The van der Waals surface area contributed by atoms with E-state index in [2.05, 4.69) is 15.3 Å². The second-order valence-electron chi connectivity index (χ2n) is 3.15. The van der Waals surface area contributed by atoms with Gasteiger partial charge < -0.3 is 5.32 Å². The summed E-state index contributed by atoms with van der Waals surface area (Å²) in [5.41, 5.74) is 0.531. The van der Waals surface area contributed by atoms with Crippen LogP contribution in [0.2, 0.25) is 0 Å². The number of benzene rings is 1. The molecule has 0 saturated carbocycles. The fourth-order valence-electron chi connectivity index (χ4n) is 1.17. The van der Waals surface area contributed by atoms with E-state index in [-0.39, 0.29) is 5.69 Å². The first kappa shape index (κ1) is 11.0. The molecule has 1 aromatic carbocycles. The Bertz CT molecular complexity index is 575. The second-order valence-corrected chi connectivity index (χ2v) is 3.15. The van der Waals surface area contributed by atoms with Gasteiger partial charge in [-0.1, -0.05) is 0 Å². The van der Waals surface area contributed by atoms with Gasteiger partial charge in [0.15, 0.2) is 17.3 Å². The predicted octanol–water partition coefficient (Wildman–Crippen LogP) is 2.37. The van der Waals surface area contributed by atoms with Crippen molar-refractivity contribution in [3.63, 3.8) is 0 Å². The molecule has 1 N–H and O–H groups in total. The fraction of sp³-hybridized carbons (Fsp3) is 0. The molecule has 4 nitrogen and oxygen atoms in total. The van der Waals surface area contributed by atoms with Gasteiger partial charge in [0, 0.05) is 11.8 Å². The first-order chi connectivity index (χ1) is 8.19. The number of hydrogen-bond acceptors (Lipinski definition) is 4. The first-order valence-electron chi connectivity index (χ1n) is 4.63. The molecule has 0 radical (unpaired) electrons. The minimum atomic E-state index is -0.948. The van der Waals surface area contributed by atoms with Crippen LogP contribution in [0.25, 0.3) is 0 Å². The van der Waals surface area contributed by atoms with Crippen molar-refractivity contribution in [1.82, 2.24) is 9.97 Å². The average molecular weight is 232 g/mol. The molecule has 6 heteroatoms. The third-order valence-corrected chi connectivity index (χ3v) is 1.96. The molecule has 2 aromatic rings. The molecule has 0 unspecified atom stereocenters. The smallest absolute Gasteiger partial charge is 0.160 e. The van der Waals surface area contributed by atoms with Gasteiger partial charge in [0.05, 0.1) is 12.4 Å². The average Bonchev–Trinajstić information content (AvgIpc) is 2.35. The lowest BCUT2D eigenvalue weighted by Crippen LogP contribution is -1.96. The predicted molar refractivity (Wildman–Crippen MR) is 56.4 cm³/mol. The van der Waals surface area contributed by atoms with Crippen molar-refractivity contribution in [3.8, 4) is 6.07 Å². The summed E-state index contributed by atoms with van der Waals surface area (Å²) in [6, 6.07) is 5.21. The van der Waals surface area contributed by atoms with Crippen LogP contribution in [0.5, 0.6) is 0 Å². The zero-order chi connectivity index (χ0) is 12.3. The number of rotatable bonds is 2. The highest BCUT2D eigenvalue weighted by atomic mass is 19.2. The first-order valence-corrected chi connectivity index (χ1v) is 4.63. The van der Waals surface area contributed by atoms with Crippen LogP contribution in [0.3, 0.4) is 0 Å². The molecule has 0 aliphatic heterocycles. The van der Waals surface area contributed by atoms with E-state index in [1.807, 2.05) is 6.07 Å². The minimum absolute atomic E-state index is 0.181. The molecule has 0 atom stereocenters. The SMILES string of the molecule is N#Cc1cnc(Nc2ccc(F)c(F)c2)cn1. The maximum absolute atomic E-state index is 12.9. The van der Waals surface area contributed by atoms with Crippen LogP contribution >= 0.6 is 0 Å². The summed E-state index contributed by atoms with van der Waals surface area (Å²) in [6.07, 6.45) is 2.61. The standard InChI is InChI=1S/C11H6F2N4/c12-9-2-1-7(3-10(9)13)17-11-6-15-8(4-14)5-16-11/h1-3,5-6H,(H,16,17). The molecule has 84 valence electrons. The van der Waals surface area contributed by atoms with Crippen LogP contribution in [-0.2, 0) is 0 Å². The molecular formula is C11H6F2N4. The molecule has 0 aliphatic rings. The van der Waals surface area contributed by atoms with Crippen LogP contribution in [0.15, 0.2) is 30.6 Å². The van der Waals surface area contributed by atoms with Crippen LogP contribution in [0, 0.1) is 23.0 Å². The van der Waals surface area contributed by atoms with Crippen molar-refractivity contribution >= 4 is 11.5 Å². The molecule has 0 aliphatic carbocycles. The highest BCUT2D eigenvalue weighted by Crippen LogP contribution is 2.16. The summed E-state index contributed by atoms with van der Waals surface area (Å²) >= 11 is 0. The van der Waals surface area contributed by atoms with E-state index < -0.39 is 11.6 Å². The van der Waals surface area contributed by atoms with Crippen molar-refractivity contribution in [2.45, 2.75) is 0 Å². The summed E-state index contributed by atoms with van der Waals surface area (Å²) in [7, 11) is 0. The Hall–Kier alpha value is -2.55. The quantitative estimate of drug-likeness (QED) is 0.863. The van der Waals surface area contributed by atoms with Gasteiger partial charge in [-0.15, -0.1) is 0 Å². The summed E-state index contributed by atoms with van der Waals surface area (Å²) < 4.78 is 25.6. The second kappa shape index (κ2) is 4.53. The molecule has 0 fully saturated rings. The molecule has 0 amide bonds. The lowest BCUT2D eigenvalue weighted by molar-refractivity contribution is 0.509. The third kappa shape index (κ3) is 2.52. The van der Waals surface area contributed by atoms with Crippen molar-refractivity contribution in [2.75, 3.05) is 5.32 Å². The van der Waals surface area contributed by atoms with Gasteiger partial charge >= 0.3 is 0 Å². The van der Waals surface area contributed by atoms with Crippen molar-refractivity contribution in [1.29, 1.82) is 5.26 Å². The number of nitriles is 1. The molecule has 1 aromatic heterocycles. The minimum Gasteiger partial charge on any atom is -0.339 e. The highest BCUT2D eigenvalue weighted by molar-refractivity contribution is 5.55. The lowest BCUT2D eigenvalue weighted by atomic mass is 10.3. The zero-order valence-electron chi connectivity index (χ0n) is 8.48. The highest BCUT2D eigenvalue weighted by Gasteiger charge is 2.03. The van der Waals surface area contributed by atoms with E-state index >= 15 is 0 Å². The van der Waals surface area contributed by atoms with Crippen molar-refractivity contribution in [3.05, 3.63) is 47.9 Å². The number of nitrogens with zero attached hydrogens (tertiary/aromatic N) is 3. The topological polar surface area (TPSA) is 61.6 Å². The van der Waals surface area contributed by atoms with E-state index in [0.29, 0.717) is 11.5 Å². The van der Waals surface area contributed by atoms with Gasteiger partial charge in [-0.25, -0.2) is 18.7 Å². The van der Waals surface area contributed by atoms with Gasteiger partial charge in [-0.3, -0.25) is 0 Å². The maximum Gasteiger partial charge on any atom is 0.160 e. The number of nitrogens with one attached hydrogen (secondary N) is 1. The van der Waals surface area contributed by atoms with E-state index in [9.17, 15) is 8.78 Å².